The Bertz CT molecular complexity index is 473. The Morgan fingerprint density at radius 1 is 1.31 bits per heavy atom. The molecule has 16 heavy (non-hydrogen) atoms. The van der Waals surface area contributed by atoms with Crippen molar-refractivity contribution in [3.63, 3.8) is 0 Å². The van der Waals surface area contributed by atoms with E-state index in [0.29, 0.717) is 6.54 Å². The molecule has 2 N–H and O–H groups in total. The molecule has 0 aromatic carbocycles. The molecule has 0 amide bonds. The van der Waals surface area contributed by atoms with Crippen molar-refractivity contribution in [1.29, 1.82) is 0 Å². The van der Waals surface area contributed by atoms with Crippen molar-refractivity contribution in [3.8, 4) is 5.13 Å². The van der Waals surface area contributed by atoms with E-state index in [2.05, 4.69) is 35.2 Å². The Morgan fingerprint density at radius 3 is 2.69 bits per heavy atom. The molecule has 5 nitrogen and oxygen atoms in total. The molecule has 2 aromatic heterocycles. The van der Waals surface area contributed by atoms with E-state index in [1.807, 2.05) is 4.68 Å². The number of hydrogen-bond acceptors (Lipinski definition) is 5. The van der Waals surface area contributed by atoms with Gasteiger partial charge in [-0.2, -0.15) is 5.10 Å². The molecule has 0 spiro atoms. The van der Waals surface area contributed by atoms with Crippen molar-refractivity contribution >= 4 is 11.3 Å². The lowest BCUT2D eigenvalue weighted by Crippen LogP contribution is -2.00. The fourth-order valence-electron chi connectivity index (χ4n) is 1.48. The van der Waals surface area contributed by atoms with Crippen LogP contribution in [0.15, 0.2) is 6.07 Å². The molecule has 0 saturated carbocycles. The van der Waals surface area contributed by atoms with E-state index in [-0.39, 0.29) is 0 Å². The van der Waals surface area contributed by atoms with Crippen LogP contribution in [0, 0.1) is 0 Å². The third kappa shape index (κ3) is 1.98. The van der Waals surface area contributed by atoms with Gasteiger partial charge >= 0.3 is 0 Å². The molecule has 0 bridgehead atoms. The second-order valence-electron chi connectivity index (χ2n) is 3.43. The third-order valence-electron chi connectivity index (χ3n) is 2.37. The summed E-state index contributed by atoms with van der Waals surface area (Å²) in [6, 6.07) is 2.11. The highest BCUT2D eigenvalue weighted by Gasteiger charge is 2.11. The third-order valence-corrected chi connectivity index (χ3v) is 3.29. The maximum absolute atomic E-state index is 5.52. The van der Waals surface area contributed by atoms with Crippen LogP contribution in [0.4, 0.5) is 0 Å². The molecule has 86 valence electrons. The number of rotatable bonds is 4. The van der Waals surface area contributed by atoms with Gasteiger partial charge in [0.15, 0.2) is 0 Å². The van der Waals surface area contributed by atoms with Crippen LogP contribution in [0.1, 0.15) is 30.2 Å². The van der Waals surface area contributed by atoms with Crippen molar-refractivity contribution in [2.45, 2.75) is 33.2 Å². The lowest BCUT2D eigenvalue weighted by molar-refractivity contribution is 0.773. The summed E-state index contributed by atoms with van der Waals surface area (Å²) in [6.07, 6.45) is 1.87. The smallest absolute Gasteiger partial charge is 0.233 e. The van der Waals surface area contributed by atoms with Crippen LogP contribution in [-0.2, 0) is 19.4 Å². The molecule has 6 heteroatoms. The molecule has 0 atom stereocenters. The predicted octanol–water partition coefficient (Wildman–Crippen LogP) is 1.31. The molecule has 2 rings (SSSR count). The van der Waals surface area contributed by atoms with E-state index >= 15 is 0 Å². The van der Waals surface area contributed by atoms with Crippen LogP contribution in [-0.4, -0.2) is 20.0 Å². The Hall–Kier alpha value is -1.27. The molecule has 0 aliphatic carbocycles. The van der Waals surface area contributed by atoms with E-state index in [1.165, 1.54) is 11.3 Å². The monoisotopic (exact) mass is 237 g/mol. The molecular formula is C10H15N5S. The summed E-state index contributed by atoms with van der Waals surface area (Å²) < 4.78 is 1.87. The van der Waals surface area contributed by atoms with Crippen molar-refractivity contribution in [3.05, 3.63) is 22.5 Å². The Morgan fingerprint density at radius 2 is 2.12 bits per heavy atom. The fourth-order valence-corrected chi connectivity index (χ4v) is 2.18. The van der Waals surface area contributed by atoms with Gasteiger partial charge in [0.05, 0.1) is 5.69 Å². The molecule has 0 aliphatic heterocycles. The number of nitrogens with zero attached hydrogens (tertiary/aromatic N) is 4. The van der Waals surface area contributed by atoms with E-state index < -0.39 is 0 Å². The fraction of sp³-hybridized carbons (Fsp3) is 0.500. The zero-order valence-corrected chi connectivity index (χ0v) is 10.3. The number of nitrogens with two attached hydrogens (primary N) is 1. The number of aromatic nitrogens is 4. The molecule has 0 radical (unpaired) electrons. The van der Waals surface area contributed by atoms with Gasteiger partial charge < -0.3 is 5.73 Å². The zero-order valence-electron chi connectivity index (χ0n) is 9.47. The van der Waals surface area contributed by atoms with E-state index in [4.69, 9.17) is 5.73 Å². The highest BCUT2D eigenvalue weighted by Crippen LogP contribution is 2.17. The summed E-state index contributed by atoms with van der Waals surface area (Å²) in [5.41, 5.74) is 7.77. The second kappa shape index (κ2) is 4.71. The van der Waals surface area contributed by atoms with Crippen LogP contribution < -0.4 is 5.73 Å². The SMILES string of the molecule is CCc1cc(CC)n(-c2nnc(CN)s2)n1. The Balaban J connectivity index is 2.41. The normalized spacial score (nSPS) is 10.9. The average molecular weight is 237 g/mol. The van der Waals surface area contributed by atoms with Gasteiger partial charge in [0, 0.05) is 12.2 Å². The van der Waals surface area contributed by atoms with Gasteiger partial charge in [0.1, 0.15) is 5.01 Å². The van der Waals surface area contributed by atoms with Gasteiger partial charge in [-0.05, 0) is 18.9 Å². The quantitative estimate of drug-likeness (QED) is 0.870. The summed E-state index contributed by atoms with van der Waals surface area (Å²) in [5.74, 6) is 0. The first-order valence-electron chi connectivity index (χ1n) is 5.39. The summed E-state index contributed by atoms with van der Waals surface area (Å²) >= 11 is 1.49. The minimum absolute atomic E-state index is 0.432. The molecule has 0 unspecified atom stereocenters. The van der Waals surface area contributed by atoms with Gasteiger partial charge in [0.25, 0.3) is 0 Å². The van der Waals surface area contributed by atoms with Crippen LogP contribution >= 0.6 is 11.3 Å². The first kappa shape index (κ1) is 11.2. The molecular weight excluding hydrogens is 222 g/mol. The Labute approximate surface area is 98.3 Å². The number of hydrogen-bond donors (Lipinski definition) is 1. The van der Waals surface area contributed by atoms with Gasteiger partial charge in [0.2, 0.25) is 5.13 Å². The summed E-state index contributed by atoms with van der Waals surface area (Å²) in [7, 11) is 0. The Kier molecular flexibility index (Phi) is 3.31. The standard InChI is InChI=1S/C10H15N5S/c1-3-7-5-8(4-2)15(14-7)10-13-12-9(6-11)16-10/h5H,3-4,6,11H2,1-2H3. The van der Waals surface area contributed by atoms with Crippen LogP contribution in [0.25, 0.3) is 5.13 Å². The van der Waals surface area contributed by atoms with Gasteiger partial charge in [-0.15, -0.1) is 10.2 Å². The lowest BCUT2D eigenvalue weighted by atomic mass is 10.3. The van der Waals surface area contributed by atoms with Gasteiger partial charge in [-0.25, -0.2) is 4.68 Å². The first-order valence-corrected chi connectivity index (χ1v) is 6.20. The van der Waals surface area contributed by atoms with Crippen LogP contribution in [0.3, 0.4) is 0 Å². The molecule has 2 heterocycles. The second-order valence-corrected chi connectivity index (χ2v) is 4.47. The van der Waals surface area contributed by atoms with Crippen molar-refractivity contribution < 1.29 is 0 Å². The van der Waals surface area contributed by atoms with Crippen molar-refractivity contribution in [2.75, 3.05) is 0 Å². The summed E-state index contributed by atoms with van der Waals surface area (Å²) in [4.78, 5) is 0. The topological polar surface area (TPSA) is 69.6 Å². The van der Waals surface area contributed by atoms with E-state index in [0.717, 1.165) is 34.4 Å². The average Bonchev–Trinajstić information content (AvgIpc) is 2.94. The number of aryl methyl sites for hydroxylation is 2. The first-order chi connectivity index (χ1) is 7.78. The van der Waals surface area contributed by atoms with E-state index in [9.17, 15) is 0 Å². The maximum atomic E-state index is 5.52. The minimum Gasteiger partial charge on any atom is -0.324 e. The largest absolute Gasteiger partial charge is 0.324 e. The highest BCUT2D eigenvalue weighted by atomic mass is 32.1. The van der Waals surface area contributed by atoms with Gasteiger partial charge in [-0.1, -0.05) is 25.2 Å². The van der Waals surface area contributed by atoms with Crippen molar-refractivity contribution in [1.82, 2.24) is 20.0 Å². The lowest BCUT2D eigenvalue weighted by Gasteiger charge is -1.98. The van der Waals surface area contributed by atoms with Crippen molar-refractivity contribution in [2.24, 2.45) is 5.73 Å². The molecule has 2 aromatic rings. The molecule has 0 saturated heterocycles. The molecule has 0 aliphatic rings. The predicted molar refractivity (Wildman–Crippen MR) is 63.7 cm³/mol. The molecule has 0 fully saturated rings. The zero-order chi connectivity index (χ0) is 11.5. The maximum Gasteiger partial charge on any atom is 0.233 e. The minimum atomic E-state index is 0.432. The highest BCUT2D eigenvalue weighted by molar-refractivity contribution is 7.13. The van der Waals surface area contributed by atoms with E-state index in [1.54, 1.807) is 0 Å². The van der Waals surface area contributed by atoms with Crippen LogP contribution in [0.5, 0.6) is 0 Å². The summed E-state index contributed by atoms with van der Waals surface area (Å²) in [5, 5.41) is 14.2. The summed E-state index contributed by atoms with van der Waals surface area (Å²) in [6.45, 7) is 4.64. The van der Waals surface area contributed by atoms with Crippen LogP contribution in [0.2, 0.25) is 0 Å². The van der Waals surface area contributed by atoms with Gasteiger partial charge in [-0.3, -0.25) is 0 Å².